The van der Waals surface area contributed by atoms with E-state index in [9.17, 15) is 4.79 Å². The van der Waals surface area contributed by atoms with Crippen LogP contribution in [0.1, 0.15) is 0 Å². The van der Waals surface area contributed by atoms with Crippen molar-refractivity contribution < 1.29 is 9.53 Å². The van der Waals surface area contributed by atoms with Gasteiger partial charge in [0.2, 0.25) is 0 Å². The van der Waals surface area contributed by atoms with Gasteiger partial charge in [-0.1, -0.05) is 25.3 Å². The number of nitrogens with zero attached hydrogens (tertiary/aromatic N) is 1. The van der Waals surface area contributed by atoms with Crippen LogP contribution in [0.4, 0.5) is 4.79 Å². The van der Waals surface area contributed by atoms with Crippen LogP contribution in [0, 0.1) is 0 Å². The molecule has 1 aliphatic heterocycles. The molecule has 0 atom stereocenters. The van der Waals surface area contributed by atoms with Gasteiger partial charge in [0.15, 0.2) is 0 Å². The Hall–Kier alpha value is -1.51. The minimum atomic E-state index is -0.309. The molecule has 0 saturated heterocycles. The molecule has 0 aromatic carbocycles. The standard InChI is InChI=1S/C10H13NO2/c1-4-8-6-11(10(12)13-3)7-9(8)5-2/h4-5H,1-2,6-7H2,3H3. The Labute approximate surface area is 78.0 Å². The lowest BCUT2D eigenvalue weighted by atomic mass is 10.1. The molecule has 1 heterocycles. The van der Waals surface area contributed by atoms with Gasteiger partial charge in [0, 0.05) is 13.1 Å². The van der Waals surface area contributed by atoms with Gasteiger partial charge in [-0.2, -0.15) is 0 Å². The van der Waals surface area contributed by atoms with Gasteiger partial charge < -0.3 is 4.74 Å². The molecule has 0 unspecified atom stereocenters. The van der Waals surface area contributed by atoms with Gasteiger partial charge in [0.1, 0.15) is 0 Å². The minimum Gasteiger partial charge on any atom is -0.453 e. The van der Waals surface area contributed by atoms with Gasteiger partial charge in [0.05, 0.1) is 7.11 Å². The third-order valence-corrected chi connectivity index (χ3v) is 2.06. The van der Waals surface area contributed by atoms with Crippen LogP contribution in [-0.4, -0.2) is 31.2 Å². The molecule has 13 heavy (non-hydrogen) atoms. The normalized spacial score (nSPS) is 15.9. The molecule has 0 spiro atoms. The van der Waals surface area contributed by atoms with Crippen molar-refractivity contribution in [3.05, 3.63) is 36.5 Å². The van der Waals surface area contributed by atoms with E-state index < -0.39 is 0 Å². The van der Waals surface area contributed by atoms with Crippen LogP contribution in [0.3, 0.4) is 0 Å². The van der Waals surface area contributed by atoms with Crippen LogP contribution in [0.2, 0.25) is 0 Å². The third kappa shape index (κ3) is 1.80. The minimum absolute atomic E-state index is 0.309. The van der Waals surface area contributed by atoms with Crippen molar-refractivity contribution in [3.63, 3.8) is 0 Å². The average molecular weight is 179 g/mol. The van der Waals surface area contributed by atoms with E-state index in [0.717, 1.165) is 11.1 Å². The molecule has 70 valence electrons. The second-order valence-electron chi connectivity index (χ2n) is 2.78. The Morgan fingerprint density at radius 1 is 1.38 bits per heavy atom. The molecule has 0 aliphatic carbocycles. The smallest absolute Gasteiger partial charge is 0.410 e. The number of carbonyl (C=O) groups excluding carboxylic acids is 1. The first-order valence-electron chi connectivity index (χ1n) is 4.02. The van der Waals surface area contributed by atoms with E-state index in [0.29, 0.717) is 13.1 Å². The van der Waals surface area contributed by atoms with Crippen LogP contribution in [0.15, 0.2) is 36.5 Å². The third-order valence-electron chi connectivity index (χ3n) is 2.06. The molecule has 3 heteroatoms. The number of hydrogen-bond acceptors (Lipinski definition) is 2. The van der Waals surface area contributed by atoms with Crippen molar-refractivity contribution in [2.45, 2.75) is 0 Å². The lowest BCUT2D eigenvalue weighted by Gasteiger charge is -2.13. The van der Waals surface area contributed by atoms with E-state index in [-0.39, 0.29) is 6.09 Å². The molecular weight excluding hydrogens is 166 g/mol. The number of amides is 1. The maximum absolute atomic E-state index is 11.1. The molecule has 1 amide bonds. The number of carbonyl (C=O) groups is 1. The molecule has 0 N–H and O–H groups in total. The van der Waals surface area contributed by atoms with Crippen LogP contribution in [0.5, 0.6) is 0 Å². The van der Waals surface area contributed by atoms with Gasteiger partial charge in [-0.05, 0) is 11.1 Å². The summed E-state index contributed by atoms with van der Waals surface area (Å²) in [6.45, 7) is 8.49. The molecule has 3 nitrogen and oxygen atoms in total. The number of rotatable bonds is 2. The predicted octanol–water partition coefficient (Wildman–Crippen LogP) is 1.74. The molecule has 0 fully saturated rings. The van der Waals surface area contributed by atoms with Crippen LogP contribution in [-0.2, 0) is 4.74 Å². The molecule has 1 rings (SSSR count). The lowest BCUT2D eigenvalue weighted by molar-refractivity contribution is 0.134. The quantitative estimate of drug-likeness (QED) is 0.646. The fourth-order valence-corrected chi connectivity index (χ4v) is 1.32. The van der Waals surface area contributed by atoms with Crippen molar-refractivity contribution in [1.82, 2.24) is 4.90 Å². The largest absolute Gasteiger partial charge is 0.453 e. The van der Waals surface area contributed by atoms with E-state index in [1.54, 1.807) is 17.1 Å². The van der Waals surface area contributed by atoms with Crippen molar-refractivity contribution in [2.75, 3.05) is 20.2 Å². The summed E-state index contributed by atoms with van der Waals surface area (Å²) < 4.78 is 4.61. The van der Waals surface area contributed by atoms with E-state index in [1.807, 2.05) is 0 Å². The van der Waals surface area contributed by atoms with E-state index >= 15 is 0 Å². The molecule has 0 aromatic rings. The molecule has 0 bridgehead atoms. The van der Waals surface area contributed by atoms with Gasteiger partial charge in [-0.3, -0.25) is 4.90 Å². The topological polar surface area (TPSA) is 29.5 Å². The summed E-state index contributed by atoms with van der Waals surface area (Å²) in [5.74, 6) is 0. The van der Waals surface area contributed by atoms with Crippen LogP contribution < -0.4 is 0 Å². The fourth-order valence-electron chi connectivity index (χ4n) is 1.32. The molecule has 1 aliphatic rings. The van der Waals surface area contributed by atoms with Crippen molar-refractivity contribution in [2.24, 2.45) is 0 Å². The highest BCUT2D eigenvalue weighted by atomic mass is 16.5. The first-order valence-corrected chi connectivity index (χ1v) is 4.02. The lowest BCUT2D eigenvalue weighted by Crippen LogP contribution is -2.28. The molecule has 0 radical (unpaired) electrons. The summed E-state index contributed by atoms with van der Waals surface area (Å²) in [4.78, 5) is 12.8. The Kier molecular flexibility index (Phi) is 2.90. The Morgan fingerprint density at radius 3 is 2.15 bits per heavy atom. The summed E-state index contributed by atoms with van der Waals surface area (Å²) in [5, 5.41) is 0. The van der Waals surface area contributed by atoms with E-state index in [2.05, 4.69) is 17.9 Å². The second-order valence-corrected chi connectivity index (χ2v) is 2.78. The van der Waals surface area contributed by atoms with Crippen molar-refractivity contribution >= 4 is 6.09 Å². The Balaban J connectivity index is 2.72. The van der Waals surface area contributed by atoms with Crippen LogP contribution in [0.25, 0.3) is 0 Å². The zero-order valence-corrected chi connectivity index (χ0v) is 7.75. The second kappa shape index (κ2) is 3.94. The van der Waals surface area contributed by atoms with Crippen molar-refractivity contribution in [1.29, 1.82) is 0 Å². The van der Waals surface area contributed by atoms with E-state index in [1.165, 1.54) is 7.11 Å². The number of methoxy groups -OCH3 is 1. The Bertz CT molecular complexity index is 259. The highest BCUT2D eigenvalue weighted by Gasteiger charge is 2.22. The fraction of sp³-hybridized carbons (Fsp3) is 0.300. The van der Waals surface area contributed by atoms with Gasteiger partial charge in [-0.15, -0.1) is 0 Å². The Morgan fingerprint density at radius 2 is 1.85 bits per heavy atom. The number of ether oxygens (including phenoxy) is 1. The summed E-state index contributed by atoms with van der Waals surface area (Å²) >= 11 is 0. The first-order chi connectivity index (χ1) is 6.22. The van der Waals surface area contributed by atoms with E-state index in [4.69, 9.17) is 0 Å². The highest BCUT2D eigenvalue weighted by molar-refractivity contribution is 5.70. The summed E-state index contributed by atoms with van der Waals surface area (Å²) in [6, 6.07) is 0. The zero-order valence-electron chi connectivity index (χ0n) is 7.75. The predicted molar refractivity (Wildman–Crippen MR) is 51.4 cm³/mol. The van der Waals surface area contributed by atoms with Gasteiger partial charge in [0.25, 0.3) is 0 Å². The van der Waals surface area contributed by atoms with Gasteiger partial charge >= 0.3 is 6.09 Å². The molecular formula is C10H13NO2. The average Bonchev–Trinajstić information content (AvgIpc) is 2.59. The SMILES string of the molecule is C=CC1=C(C=C)CN(C(=O)OC)C1. The summed E-state index contributed by atoms with van der Waals surface area (Å²) in [6.07, 6.45) is 3.19. The maximum atomic E-state index is 11.1. The highest BCUT2D eigenvalue weighted by Crippen LogP contribution is 2.19. The number of hydrogen-bond donors (Lipinski definition) is 0. The summed E-state index contributed by atoms with van der Waals surface area (Å²) in [5.41, 5.74) is 2.08. The van der Waals surface area contributed by atoms with Gasteiger partial charge in [-0.25, -0.2) is 4.79 Å². The monoisotopic (exact) mass is 179 g/mol. The van der Waals surface area contributed by atoms with Crippen molar-refractivity contribution in [3.8, 4) is 0 Å². The van der Waals surface area contributed by atoms with Crippen LogP contribution >= 0.6 is 0 Å². The zero-order chi connectivity index (χ0) is 9.84. The maximum Gasteiger partial charge on any atom is 0.410 e. The molecule has 0 saturated carbocycles. The first kappa shape index (κ1) is 9.58. The molecule has 0 aromatic heterocycles. The summed E-state index contributed by atoms with van der Waals surface area (Å²) in [7, 11) is 1.38.